The Bertz CT molecular complexity index is 470. The topological polar surface area (TPSA) is 68.8 Å². The van der Waals surface area contributed by atoms with Crippen LogP contribution in [0.5, 0.6) is 0 Å². The van der Waals surface area contributed by atoms with E-state index in [1.807, 2.05) is 50.3 Å². The number of nitrogens with zero attached hydrogens (tertiary/aromatic N) is 2. The molecule has 1 rings (SSSR count). The number of guanidine groups is 1. The van der Waals surface area contributed by atoms with Crippen LogP contribution in [0, 0.1) is 0 Å². The molecule has 110 valence electrons. The van der Waals surface area contributed by atoms with Crippen molar-refractivity contribution in [2.75, 3.05) is 40.1 Å². The average Bonchev–Trinajstić information content (AvgIpc) is 2.39. The second-order valence-electron chi connectivity index (χ2n) is 4.66. The van der Waals surface area contributed by atoms with Crippen molar-refractivity contribution >= 4 is 17.6 Å². The fourth-order valence-corrected chi connectivity index (χ4v) is 1.71. The largest absolute Gasteiger partial charge is 0.359 e. The molecule has 0 aliphatic carbocycles. The number of rotatable bonds is 5. The van der Waals surface area contributed by atoms with Gasteiger partial charge >= 0.3 is 0 Å². The molecule has 1 amide bonds. The van der Waals surface area contributed by atoms with Gasteiger partial charge in [0.1, 0.15) is 0 Å². The average molecular weight is 277 g/mol. The number of hydrogen-bond acceptors (Lipinski definition) is 3. The van der Waals surface area contributed by atoms with Crippen LogP contribution in [0.3, 0.4) is 0 Å². The molecular formula is C14H23N5O. The highest BCUT2D eigenvalue weighted by Crippen LogP contribution is 2.10. The van der Waals surface area contributed by atoms with Gasteiger partial charge in [-0.05, 0) is 31.8 Å². The van der Waals surface area contributed by atoms with E-state index in [0.29, 0.717) is 13.1 Å². The molecule has 0 aromatic heterocycles. The van der Waals surface area contributed by atoms with Gasteiger partial charge in [-0.25, -0.2) is 0 Å². The van der Waals surface area contributed by atoms with Crippen LogP contribution in [0.15, 0.2) is 29.3 Å². The number of hydrogen-bond donors (Lipinski definition) is 3. The second-order valence-corrected chi connectivity index (χ2v) is 4.66. The van der Waals surface area contributed by atoms with Gasteiger partial charge in [0.2, 0.25) is 5.91 Å². The zero-order valence-electron chi connectivity index (χ0n) is 12.5. The molecular weight excluding hydrogens is 254 g/mol. The monoisotopic (exact) mass is 277 g/mol. The van der Waals surface area contributed by atoms with Crippen LogP contribution in [-0.4, -0.2) is 51.5 Å². The maximum Gasteiger partial charge on any atom is 0.238 e. The summed E-state index contributed by atoms with van der Waals surface area (Å²) in [6, 6.07) is 7.75. The summed E-state index contributed by atoms with van der Waals surface area (Å²) in [4.78, 5) is 17.6. The Morgan fingerprint density at radius 3 is 2.70 bits per heavy atom. The molecule has 0 atom stereocenters. The summed E-state index contributed by atoms with van der Waals surface area (Å²) in [5.41, 5.74) is 1.87. The minimum absolute atomic E-state index is 0.0221. The van der Waals surface area contributed by atoms with Crippen LogP contribution in [0.2, 0.25) is 0 Å². The Morgan fingerprint density at radius 1 is 1.35 bits per heavy atom. The molecule has 1 aromatic carbocycles. The second kappa shape index (κ2) is 8.16. The Labute approximate surface area is 120 Å². The number of carbonyl (C=O) groups is 1. The summed E-state index contributed by atoms with van der Waals surface area (Å²) in [6.45, 7) is 1.01. The van der Waals surface area contributed by atoms with Crippen LogP contribution in [0.25, 0.3) is 0 Å². The van der Waals surface area contributed by atoms with Crippen molar-refractivity contribution in [2.24, 2.45) is 4.99 Å². The molecule has 0 aliphatic rings. The fourth-order valence-electron chi connectivity index (χ4n) is 1.71. The van der Waals surface area contributed by atoms with Gasteiger partial charge in [0.15, 0.2) is 5.96 Å². The third-order valence-corrected chi connectivity index (χ3v) is 2.59. The molecule has 0 heterocycles. The summed E-state index contributed by atoms with van der Waals surface area (Å²) >= 11 is 0. The van der Waals surface area contributed by atoms with Crippen LogP contribution >= 0.6 is 0 Å². The first-order chi connectivity index (χ1) is 9.55. The quantitative estimate of drug-likeness (QED) is 0.541. The lowest BCUT2D eigenvalue weighted by atomic mass is 10.2. The van der Waals surface area contributed by atoms with E-state index in [2.05, 4.69) is 20.9 Å². The number of aliphatic imine (C=N–C) groups is 1. The number of carbonyl (C=O) groups excluding carboxylic acids is 1. The normalized spacial score (nSPS) is 11.3. The Balaban J connectivity index is 2.59. The molecule has 3 N–H and O–H groups in total. The maximum atomic E-state index is 11.7. The highest BCUT2D eigenvalue weighted by atomic mass is 16.2. The number of anilines is 1. The van der Waals surface area contributed by atoms with E-state index in [4.69, 9.17) is 0 Å². The van der Waals surface area contributed by atoms with Crippen LogP contribution < -0.4 is 16.0 Å². The van der Waals surface area contributed by atoms with E-state index >= 15 is 0 Å². The van der Waals surface area contributed by atoms with E-state index in [1.165, 1.54) is 0 Å². The number of likely N-dealkylation sites (N-methyl/N-ethyl adjacent to an activating group) is 1. The smallest absolute Gasteiger partial charge is 0.238 e. The van der Waals surface area contributed by atoms with Gasteiger partial charge in [0.25, 0.3) is 0 Å². The molecule has 0 unspecified atom stereocenters. The first-order valence-electron chi connectivity index (χ1n) is 6.47. The highest BCUT2D eigenvalue weighted by Gasteiger charge is 2.04. The first-order valence-corrected chi connectivity index (χ1v) is 6.47. The van der Waals surface area contributed by atoms with Gasteiger partial charge in [-0.1, -0.05) is 12.1 Å². The lowest BCUT2D eigenvalue weighted by Gasteiger charge is -2.12. The minimum Gasteiger partial charge on any atom is -0.359 e. The van der Waals surface area contributed by atoms with Crippen molar-refractivity contribution in [3.8, 4) is 0 Å². The molecule has 6 heteroatoms. The molecule has 0 spiro atoms. The van der Waals surface area contributed by atoms with Crippen molar-refractivity contribution in [1.29, 1.82) is 0 Å². The SMILES string of the molecule is CN=C(NC)NCc1cccc(NC(=O)CN(C)C)c1. The van der Waals surface area contributed by atoms with Crippen molar-refractivity contribution in [3.05, 3.63) is 29.8 Å². The molecule has 0 bridgehead atoms. The molecule has 0 radical (unpaired) electrons. The lowest BCUT2D eigenvalue weighted by molar-refractivity contribution is -0.116. The van der Waals surface area contributed by atoms with Crippen molar-refractivity contribution in [1.82, 2.24) is 15.5 Å². The van der Waals surface area contributed by atoms with Gasteiger partial charge in [-0.2, -0.15) is 0 Å². The molecule has 0 saturated carbocycles. The zero-order chi connectivity index (χ0) is 15.0. The van der Waals surface area contributed by atoms with Crippen LogP contribution in [0.1, 0.15) is 5.56 Å². The third kappa shape index (κ3) is 5.71. The predicted molar refractivity (Wildman–Crippen MR) is 82.9 cm³/mol. The van der Waals surface area contributed by atoms with E-state index < -0.39 is 0 Å². The van der Waals surface area contributed by atoms with Crippen molar-refractivity contribution in [3.63, 3.8) is 0 Å². The first kappa shape index (κ1) is 16.0. The summed E-state index contributed by atoms with van der Waals surface area (Å²) in [5.74, 6) is 0.707. The standard InChI is InChI=1S/C14H23N5O/c1-15-14(16-2)17-9-11-6-5-7-12(8-11)18-13(20)10-19(3)4/h5-8H,9-10H2,1-4H3,(H,18,20)(H2,15,16,17). The minimum atomic E-state index is -0.0221. The van der Waals surface area contributed by atoms with Gasteiger partial charge in [0, 0.05) is 26.3 Å². The molecule has 0 fully saturated rings. The van der Waals surface area contributed by atoms with E-state index in [1.54, 1.807) is 7.05 Å². The maximum absolute atomic E-state index is 11.7. The highest BCUT2D eigenvalue weighted by molar-refractivity contribution is 5.92. The number of amides is 1. The summed E-state index contributed by atoms with van der Waals surface area (Å²) in [5, 5.41) is 9.00. The molecule has 20 heavy (non-hydrogen) atoms. The van der Waals surface area contributed by atoms with Crippen LogP contribution in [0.4, 0.5) is 5.69 Å². The fraction of sp³-hybridized carbons (Fsp3) is 0.429. The molecule has 1 aromatic rings. The lowest BCUT2D eigenvalue weighted by Crippen LogP contribution is -2.34. The predicted octanol–water partition coefficient (Wildman–Crippen LogP) is 0.482. The van der Waals surface area contributed by atoms with Gasteiger partial charge in [-0.15, -0.1) is 0 Å². The van der Waals surface area contributed by atoms with Crippen LogP contribution in [-0.2, 0) is 11.3 Å². The van der Waals surface area contributed by atoms with E-state index in [9.17, 15) is 4.79 Å². The summed E-state index contributed by atoms with van der Waals surface area (Å²) < 4.78 is 0. The Morgan fingerprint density at radius 2 is 2.10 bits per heavy atom. The number of nitrogens with one attached hydrogen (secondary N) is 3. The van der Waals surface area contributed by atoms with E-state index in [-0.39, 0.29) is 5.91 Å². The zero-order valence-corrected chi connectivity index (χ0v) is 12.5. The van der Waals surface area contributed by atoms with Gasteiger partial charge < -0.3 is 20.9 Å². The number of benzene rings is 1. The molecule has 0 aliphatic heterocycles. The molecule has 6 nitrogen and oxygen atoms in total. The van der Waals surface area contributed by atoms with E-state index in [0.717, 1.165) is 17.2 Å². The van der Waals surface area contributed by atoms with Gasteiger partial charge in [-0.3, -0.25) is 9.79 Å². The third-order valence-electron chi connectivity index (χ3n) is 2.59. The van der Waals surface area contributed by atoms with Crippen molar-refractivity contribution in [2.45, 2.75) is 6.54 Å². The van der Waals surface area contributed by atoms with Crippen molar-refractivity contribution < 1.29 is 4.79 Å². The van der Waals surface area contributed by atoms with Gasteiger partial charge in [0.05, 0.1) is 6.54 Å². The summed E-state index contributed by atoms with van der Waals surface area (Å²) in [6.07, 6.45) is 0. The summed E-state index contributed by atoms with van der Waals surface area (Å²) in [7, 11) is 7.26. The Kier molecular flexibility index (Phi) is 6.52. The molecule has 0 saturated heterocycles. The Hall–Kier alpha value is -2.08.